The van der Waals surface area contributed by atoms with Crippen LogP contribution >= 0.6 is 22.6 Å². The third-order valence-corrected chi connectivity index (χ3v) is 3.58. The minimum Gasteiger partial charge on any atom is -0.375 e. The van der Waals surface area contributed by atoms with Crippen LogP contribution in [0, 0.1) is 5.82 Å². The minimum absolute atomic E-state index is 0.0288. The van der Waals surface area contributed by atoms with E-state index >= 15 is 0 Å². The largest absolute Gasteiger partial charge is 0.375 e. The third-order valence-electron chi connectivity index (χ3n) is 2.60. The Labute approximate surface area is 115 Å². The van der Waals surface area contributed by atoms with Gasteiger partial charge in [0.15, 0.2) is 0 Å². The highest BCUT2D eigenvalue weighted by Crippen LogP contribution is 2.17. The molecule has 2 rings (SSSR count). The van der Waals surface area contributed by atoms with Gasteiger partial charge in [-0.15, -0.1) is 0 Å². The van der Waals surface area contributed by atoms with Crippen molar-refractivity contribution in [2.75, 3.05) is 17.6 Å². The predicted octanol–water partition coefficient (Wildman–Crippen LogP) is 0.415. The molecule has 2 atom stereocenters. The maximum atomic E-state index is 13.2. The highest BCUT2D eigenvalue weighted by molar-refractivity contribution is 14.1. The molecule has 0 bridgehead atoms. The fourth-order valence-corrected chi connectivity index (χ4v) is 2.18. The van der Waals surface area contributed by atoms with Crippen LogP contribution in [-0.2, 0) is 9.47 Å². The molecular formula is C10H12FIN2O4. The fraction of sp³-hybridized carbons (Fsp3) is 0.600. The Morgan fingerprint density at radius 1 is 1.50 bits per heavy atom. The lowest BCUT2D eigenvalue weighted by Crippen LogP contribution is -2.35. The molecule has 1 aliphatic rings. The van der Waals surface area contributed by atoms with Crippen LogP contribution in [-0.4, -0.2) is 33.3 Å². The molecule has 0 aromatic carbocycles. The first-order chi connectivity index (χ1) is 8.61. The Morgan fingerprint density at radius 3 is 3.00 bits per heavy atom. The van der Waals surface area contributed by atoms with E-state index in [9.17, 15) is 14.0 Å². The van der Waals surface area contributed by atoms with Gasteiger partial charge in [0.25, 0.3) is 5.56 Å². The standard InChI is InChI=1S/C10H12FIN2O4/c11-7-4-14(10(16)13-9(7)15)8-1-2-17-6(3-12)5-18-8/h4,6,8H,1-3,5H2,(H,13,15,16). The summed E-state index contributed by atoms with van der Waals surface area (Å²) >= 11 is 2.18. The van der Waals surface area contributed by atoms with E-state index in [-0.39, 0.29) is 6.10 Å². The number of hydrogen-bond donors (Lipinski definition) is 1. The van der Waals surface area contributed by atoms with E-state index in [1.54, 1.807) is 0 Å². The number of halogens is 2. The van der Waals surface area contributed by atoms with Crippen LogP contribution in [0.15, 0.2) is 15.8 Å². The Bertz CT molecular complexity index is 529. The van der Waals surface area contributed by atoms with E-state index in [0.717, 1.165) is 15.2 Å². The second kappa shape index (κ2) is 5.93. The molecule has 100 valence electrons. The van der Waals surface area contributed by atoms with Gasteiger partial charge < -0.3 is 9.47 Å². The molecule has 2 heterocycles. The van der Waals surface area contributed by atoms with Crippen LogP contribution in [0.1, 0.15) is 12.6 Å². The zero-order valence-corrected chi connectivity index (χ0v) is 11.6. The van der Waals surface area contributed by atoms with Crippen molar-refractivity contribution in [2.45, 2.75) is 18.8 Å². The fourth-order valence-electron chi connectivity index (χ4n) is 1.67. The lowest BCUT2D eigenvalue weighted by atomic mass is 10.4. The van der Waals surface area contributed by atoms with Crippen molar-refractivity contribution in [3.8, 4) is 0 Å². The normalized spacial score (nSPS) is 24.8. The molecular weight excluding hydrogens is 358 g/mol. The lowest BCUT2D eigenvalue weighted by molar-refractivity contribution is -0.0138. The zero-order chi connectivity index (χ0) is 13.1. The smallest absolute Gasteiger partial charge is 0.330 e. The van der Waals surface area contributed by atoms with Gasteiger partial charge in [0.2, 0.25) is 5.82 Å². The van der Waals surface area contributed by atoms with E-state index in [0.29, 0.717) is 19.6 Å². The number of aromatic nitrogens is 2. The van der Waals surface area contributed by atoms with Crippen molar-refractivity contribution < 1.29 is 13.9 Å². The molecule has 0 radical (unpaired) electrons. The number of hydrogen-bond acceptors (Lipinski definition) is 4. The third kappa shape index (κ3) is 2.98. The molecule has 0 amide bonds. The number of aromatic amines is 1. The first-order valence-corrected chi connectivity index (χ1v) is 6.94. The van der Waals surface area contributed by atoms with Crippen molar-refractivity contribution >= 4 is 22.6 Å². The van der Waals surface area contributed by atoms with Gasteiger partial charge in [-0.25, -0.2) is 4.79 Å². The van der Waals surface area contributed by atoms with Crippen LogP contribution in [0.3, 0.4) is 0 Å². The first kappa shape index (κ1) is 13.7. The van der Waals surface area contributed by atoms with Gasteiger partial charge in [0, 0.05) is 10.8 Å². The first-order valence-electron chi connectivity index (χ1n) is 5.42. The minimum atomic E-state index is -1.02. The zero-order valence-electron chi connectivity index (χ0n) is 9.40. The maximum Gasteiger partial charge on any atom is 0.330 e. The Hall–Kier alpha value is -0.740. The number of nitrogens with zero attached hydrogens (tertiary/aromatic N) is 1. The Kier molecular flexibility index (Phi) is 4.51. The summed E-state index contributed by atoms with van der Waals surface area (Å²) in [4.78, 5) is 24.4. The van der Waals surface area contributed by atoms with E-state index in [1.807, 2.05) is 4.98 Å². The van der Waals surface area contributed by atoms with Crippen LogP contribution in [0.2, 0.25) is 0 Å². The number of ether oxygens (including phenoxy) is 2. The summed E-state index contributed by atoms with van der Waals surface area (Å²) in [6.07, 6.45) is 0.657. The topological polar surface area (TPSA) is 73.3 Å². The number of rotatable bonds is 2. The van der Waals surface area contributed by atoms with Gasteiger partial charge in [-0.1, -0.05) is 22.6 Å². The molecule has 1 aromatic heterocycles. The average molecular weight is 370 g/mol. The average Bonchev–Trinajstić information content (AvgIpc) is 2.59. The molecule has 1 aliphatic heterocycles. The summed E-state index contributed by atoms with van der Waals surface area (Å²) in [5.41, 5.74) is -1.70. The molecule has 1 N–H and O–H groups in total. The summed E-state index contributed by atoms with van der Waals surface area (Å²) in [5, 5.41) is 0. The van der Waals surface area contributed by atoms with Crippen molar-refractivity contribution in [3.63, 3.8) is 0 Å². The van der Waals surface area contributed by atoms with Gasteiger partial charge in [0.1, 0.15) is 6.23 Å². The summed E-state index contributed by atoms with van der Waals surface area (Å²) < 4.78 is 26.0. The second-order valence-corrected chi connectivity index (χ2v) is 4.75. The molecule has 18 heavy (non-hydrogen) atoms. The highest BCUT2D eigenvalue weighted by atomic mass is 127. The van der Waals surface area contributed by atoms with E-state index < -0.39 is 23.3 Å². The van der Waals surface area contributed by atoms with Crippen LogP contribution in [0.25, 0.3) is 0 Å². The van der Waals surface area contributed by atoms with Crippen LogP contribution in [0.5, 0.6) is 0 Å². The van der Waals surface area contributed by atoms with Crippen molar-refractivity contribution in [2.24, 2.45) is 0 Å². The SMILES string of the molecule is O=c1[nH]c(=O)n(C2CCOC(CI)CO2)cc1F. The molecule has 6 nitrogen and oxygen atoms in total. The van der Waals surface area contributed by atoms with Gasteiger partial charge in [-0.2, -0.15) is 4.39 Å². The number of H-pyrrole nitrogens is 1. The summed E-state index contributed by atoms with van der Waals surface area (Å²) in [7, 11) is 0. The van der Waals surface area contributed by atoms with Gasteiger partial charge in [-0.3, -0.25) is 14.3 Å². The predicted molar refractivity (Wildman–Crippen MR) is 69.5 cm³/mol. The molecule has 1 aromatic rings. The second-order valence-electron chi connectivity index (χ2n) is 3.87. The van der Waals surface area contributed by atoms with Crippen molar-refractivity contribution in [1.29, 1.82) is 0 Å². The Balaban J connectivity index is 2.24. The molecule has 1 fully saturated rings. The van der Waals surface area contributed by atoms with Crippen LogP contribution in [0.4, 0.5) is 4.39 Å². The summed E-state index contributed by atoms with van der Waals surface area (Å²) in [6, 6.07) is 0. The van der Waals surface area contributed by atoms with Crippen molar-refractivity contribution in [1.82, 2.24) is 9.55 Å². The van der Waals surface area contributed by atoms with E-state index in [1.165, 1.54) is 0 Å². The monoisotopic (exact) mass is 370 g/mol. The molecule has 0 spiro atoms. The van der Waals surface area contributed by atoms with Crippen molar-refractivity contribution in [3.05, 3.63) is 32.9 Å². The molecule has 0 saturated carbocycles. The van der Waals surface area contributed by atoms with Gasteiger partial charge >= 0.3 is 5.69 Å². The van der Waals surface area contributed by atoms with Gasteiger partial charge in [0.05, 0.1) is 25.5 Å². The van der Waals surface area contributed by atoms with Crippen LogP contribution < -0.4 is 11.2 Å². The summed E-state index contributed by atoms with van der Waals surface area (Å²) in [6.45, 7) is 0.756. The Morgan fingerprint density at radius 2 is 2.28 bits per heavy atom. The van der Waals surface area contributed by atoms with Gasteiger partial charge in [-0.05, 0) is 0 Å². The molecule has 2 unspecified atom stereocenters. The number of nitrogens with one attached hydrogen (secondary N) is 1. The van der Waals surface area contributed by atoms with E-state index in [2.05, 4.69) is 22.6 Å². The van der Waals surface area contributed by atoms with E-state index in [4.69, 9.17) is 9.47 Å². The summed E-state index contributed by atoms with van der Waals surface area (Å²) in [5.74, 6) is -1.01. The molecule has 1 saturated heterocycles. The maximum absolute atomic E-state index is 13.2. The lowest BCUT2D eigenvalue weighted by Gasteiger charge is -2.17. The quantitative estimate of drug-likeness (QED) is 0.605. The number of alkyl halides is 1. The molecule has 0 aliphatic carbocycles. The highest BCUT2D eigenvalue weighted by Gasteiger charge is 2.21. The molecule has 8 heteroatoms.